The fourth-order valence-corrected chi connectivity index (χ4v) is 6.52. The summed E-state index contributed by atoms with van der Waals surface area (Å²) < 4.78 is 0. The number of para-hydroxylation sites is 1. The first kappa shape index (κ1) is 42.7. The van der Waals surface area contributed by atoms with Crippen molar-refractivity contribution in [1.29, 1.82) is 5.41 Å². The number of carbonyl (C=O) groups is 4. The first-order valence-corrected chi connectivity index (χ1v) is 19.3. The van der Waals surface area contributed by atoms with Crippen LogP contribution in [-0.2, 0) is 33.6 Å². The number of nitrogens with two attached hydrogens (primary N) is 2. The van der Waals surface area contributed by atoms with Crippen molar-refractivity contribution in [2.45, 2.75) is 82.8 Å². The monoisotopic (exact) mass is 766 g/mol. The largest absolute Gasteiger partial charge is 0.508 e. The number of primary amides is 1. The Labute approximate surface area is 328 Å². The van der Waals surface area contributed by atoms with Gasteiger partial charge >= 0.3 is 6.03 Å². The highest BCUT2D eigenvalue weighted by atomic mass is 16.3. The van der Waals surface area contributed by atoms with Gasteiger partial charge in [-0.3, -0.25) is 19.8 Å². The molecular formula is C42H56N9O5. The number of phenols is 1. The quantitative estimate of drug-likeness (QED) is 0.0308. The normalized spacial score (nSPS) is 12.6. The standard InChI is InChI=1S/C42H56N9O5/c1-2-3-4-10-24-51(42(45)56)28-32(26-31-27-47-35-15-9-8-14-34(31)35)48-39(54)36(16-11-23-46-41(43)44)50-40(55)37(25-30-12-6-5-7-13-30)49-38(53)22-19-29-17-20-33(52)21-18-29/h5-9,12-15,17-18,20-22,27,32,36-37,47,52H,2-4,10-11,16,19,23-26,28H2,1H3,(H2,45,56)(H,48,54)(H,49,53)(H,50,55)(H4,43,44,46). The molecule has 5 amide bonds. The summed E-state index contributed by atoms with van der Waals surface area (Å²) in [6.45, 7) is 3.00. The van der Waals surface area contributed by atoms with Gasteiger partial charge in [-0.05, 0) is 67.0 Å². The summed E-state index contributed by atoms with van der Waals surface area (Å²) in [5.74, 6) is -1.59. The van der Waals surface area contributed by atoms with Gasteiger partial charge in [-0.25, -0.2) is 4.79 Å². The van der Waals surface area contributed by atoms with E-state index in [0.29, 0.717) is 19.4 Å². The number of rotatable bonds is 23. The highest BCUT2D eigenvalue weighted by molar-refractivity contribution is 5.94. The lowest BCUT2D eigenvalue weighted by molar-refractivity contribution is -0.132. The smallest absolute Gasteiger partial charge is 0.314 e. The number of fused-ring (bicyclic) bond motifs is 1. The molecule has 3 aromatic carbocycles. The predicted molar refractivity (Wildman–Crippen MR) is 219 cm³/mol. The molecule has 299 valence electrons. The molecule has 1 radical (unpaired) electrons. The van der Waals surface area contributed by atoms with Gasteiger partial charge in [0.15, 0.2) is 5.96 Å². The molecule has 0 spiro atoms. The van der Waals surface area contributed by atoms with Crippen molar-refractivity contribution in [2.75, 3.05) is 19.6 Å². The van der Waals surface area contributed by atoms with Crippen LogP contribution in [0, 0.1) is 11.8 Å². The second-order valence-electron chi connectivity index (χ2n) is 14.0. The molecule has 0 aliphatic rings. The van der Waals surface area contributed by atoms with E-state index < -0.39 is 41.9 Å². The van der Waals surface area contributed by atoms with Gasteiger partial charge in [0.2, 0.25) is 17.7 Å². The van der Waals surface area contributed by atoms with Gasteiger partial charge in [0, 0.05) is 43.2 Å². The average Bonchev–Trinajstić information content (AvgIpc) is 3.59. The number of aromatic amines is 1. The molecule has 14 heteroatoms. The van der Waals surface area contributed by atoms with Crippen molar-refractivity contribution in [3.8, 4) is 5.75 Å². The van der Waals surface area contributed by atoms with E-state index in [2.05, 4.69) is 33.2 Å². The number of hydrogen-bond donors (Lipinski definition) is 9. The van der Waals surface area contributed by atoms with E-state index in [1.54, 1.807) is 17.0 Å². The molecule has 4 aromatic rings. The number of hydrogen-bond acceptors (Lipinski definition) is 6. The maximum absolute atomic E-state index is 14.3. The van der Waals surface area contributed by atoms with Crippen LogP contribution in [-0.4, -0.2) is 82.5 Å². The number of urea groups is 1. The highest BCUT2D eigenvalue weighted by Crippen LogP contribution is 2.20. The van der Waals surface area contributed by atoms with Crippen LogP contribution < -0.4 is 32.7 Å². The second kappa shape index (κ2) is 22.4. The summed E-state index contributed by atoms with van der Waals surface area (Å²) in [5, 5.41) is 29.7. The third-order valence-electron chi connectivity index (χ3n) is 9.51. The summed E-state index contributed by atoms with van der Waals surface area (Å²) in [5.41, 5.74) is 14.8. The lowest BCUT2D eigenvalue weighted by atomic mass is 10.0. The zero-order chi connectivity index (χ0) is 40.3. The number of aromatic nitrogens is 1. The molecule has 11 N–H and O–H groups in total. The number of aromatic hydroxyl groups is 1. The van der Waals surface area contributed by atoms with E-state index in [4.69, 9.17) is 16.9 Å². The van der Waals surface area contributed by atoms with Gasteiger partial charge in [0.1, 0.15) is 17.8 Å². The van der Waals surface area contributed by atoms with Crippen molar-refractivity contribution in [3.05, 3.63) is 108 Å². The Morgan fingerprint density at radius 2 is 1.54 bits per heavy atom. The number of benzene rings is 3. The van der Waals surface area contributed by atoms with Crippen LogP contribution in [0.25, 0.3) is 10.9 Å². The number of unbranched alkanes of at least 4 members (excludes halogenated alkanes) is 3. The fourth-order valence-electron chi connectivity index (χ4n) is 6.52. The molecule has 0 fully saturated rings. The van der Waals surface area contributed by atoms with Gasteiger partial charge in [-0.1, -0.05) is 86.8 Å². The van der Waals surface area contributed by atoms with E-state index >= 15 is 0 Å². The van der Waals surface area contributed by atoms with E-state index in [1.165, 1.54) is 18.6 Å². The van der Waals surface area contributed by atoms with E-state index in [1.807, 2.05) is 60.8 Å². The van der Waals surface area contributed by atoms with Crippen molar-refractivity contribution < 1.29 is 24.3 Å². The number of phenolic OH excluding ortho intramolecular Hbond substituents is 1. The minimum absolute atomic E-state index is 0.116. The molecule has 0 bridgehead atoms. The molecule has 0 aliphatic carbocycles. The molecule has 0 saturated carbocycles. The third kappa shape index (κ3) is 14.3. The van der Waals surface area contributed by atoms with Gasteiger partial charge < -0.3 is 47.7 Å². The van der Waals surface area contributed by atoms with Crippen LogP contribution in [0.15, 0.2) is 85.1 Å². The van der Waals surface area contributed by atoms with Gasteiger partial charge in [-0.2, -0.15) is 0 Å². The van der Waals surface area contributed by atoms with E-state index in [-0.39, 0.29) is 44.1 Å². The second-order valence-corrected chi connectivity index (χ2v) is 14.0. The molecule has 3 atom stereocenters. The summed E-state index contributed by atoms with van der Waals surface area (Å²) >= 11 is 0. The lowest BCUT2D eigenvalue weighted by Gasteiger charge is -2.29. The summed E-state index contributed by atoms with van der Waals surface area (Å²) in [7, 11) is 0. The Hall–Kier alpha value is -6.05. The molecule has 0 aliphatic heterocycles. The van der Waals surface area contributed by atoms with E-state index in [9.17, 15) is 24.3 Å². The van der Waals surface area contributed by atoms with Crippen molar-refractivity contribution in [2.24, 2.45) is 11.5 Å². The molecule has 56 heavy (non-hydrogen) atoms. The SMILES string of the molecule is CCCCCCN(CC(Cc1c[nH]c2ccccc12)NC(=O)C(CCCNC(=N)N)NC(=O)C(Cc1ccccc1)NC(=O)[CH]Cc1ccc(O)cc1)C(N)=O. The summed E-state index contributed by atoms with van der Waals surface area (Å²) in [4.78, 5) is 59.0. The van der Waals surface area contributed by atoms with Crippen molar-refractivity contribution in [1.82, 2.24) is 31.2 Å². The zero-order valence-electron chi connectivity index (χ0n) is 32.1. The van der Waals surface area contributed by atoms with Crippen LogP contribution in [0.4, 0.5) is 4.79 Å². The Morgan fingerprint density at radius 1 is 0.821 bits per heavy atom. The number of nitrogens with one attached hydrogen (secondary N) is 6. The summed E-state index contributed by atoms with van der Waals surface area (Å²) in [6.07, 6.45) is 8.50. The average molecular weight is 767 g/mol. The first-order chi connectivity index (χ1) is 27.0. The number of H-pyrrole nitrogens is 1. The molecule has 3 unspecified atom stereocenters. The van der Waals surface area contributed by atoms with Crippen LogP contribution in [0.5, 0.6) is 5.75 Å². The Kier molecular flexibility index (Phi) is 17.0. The lowest BCUT2D eigenvalue weighted by Crippen LogP contribution is -2.57. The van der Waals surface area contributed by atoms with Crippen molar-refractivity contribution >= 4 is 40.6 Å². The Bertz CT molecular complexity index is 1870. The molecule has 14 nitrogen and oxygen atoms in total. The predicted octanol–water partition coefficient (Wildman–Crippen LogP) is 3.78. The molecule has 1 heterocycles. The van der Waals surface area contributed by atoms with E-state index in [0.717, 1.165) is 53.3 Å². The number of guanidine groups is 1. The van der Waals surface area contributed by atoms with Gasteiger partial charge in [-0.15, -0.1) is 0 Å². The minimum atomic E-state index is -1.04. The molecule has 1 aromatic heterocycles. The zero-order valence-corrected chi connectivity index (χ0v) is 32.1. The Morgan fingerprint density at radius 3 is 2.25 bits per heavy atom. The van der Waals surface area contributed by atoms with Gasteiger partial charge in [0.05, 0.1) is 12.5 Å². The Balaban J connectivity index is 1.55. The van der Waals surface area contributed by atoms with Crippen LogP contribution >= 0.6 is 0 Å². The molecule has 4 rings (SSSR count). The van der Waals surface area contributed by atoms with Crippen LogP contribution in [0.1, 0.15) is 62.1 Å². The highest BCUT2D eigenvalue weighted by Gasteiger charge is 2.29. The maximum Gasteiger partial charge on any atom is 0.314 e. The number of carbonyl (C=O) groups excluding carboxylic acids is 4. The van der Waals surface area contributed by atoms with Gasteiger partial charge in [0.25, 0.3) is 0 Å². The van der Waals surface area contributed by atoms with Crippen molar-refractivity contribution in [3.63, 3.8) is 0 Å². The number of nitrogens with zero attached hydrogens (tertiary/aromatic N) is 1. The molecule has 0 saturated heterocycles. The topological polar surface area (TPSA) is 232 Å². The first-order valence-electron chi connectivity index (χ1n) is 19.3. The third-order valence-corrected chi connectivity index (χ3v) is 9.51. The minimum Gasteiger partial charge on any atom is -0.508 e. The molecular weight excluding hydrogens is 711 g/mol. The number of amides is 5. The van der Waals surface area contributed by atoms with Crippen LogP contribution in [0.2, 0.25) is 0 Å². The summed E-state index contributed by atoms with van der Waals surface area (Å²) in [6, 6.07) is 20.3. The fraction of sp³-hybridized carbons (Fsp3) is 0.381. The maximum atomic E-state index is 14.3. The van der Waals surface area contributed by atoms with Crippen LogP contribution in [0.3, 0.4) is 0 Å².